The Kier molecular flexibility index (Phi) is 5.61. The molecule has 0 unspecified atom stereocenters. The van der Waals surface area contributed by atoms with Crippen LogP contribution in [0.25, 0.3) is 0 Å². The molecule has 0 aromatic rings. The quantitative estimate of drug-likeness (QED) is 0.708. The minimum atomic E-state index is -5.44. The maximum absolute atomic E-state index is 13.0. The number of hydrogen-bond acceptors (Lipinski definition) is 3. The van der Waals surface area contributed by atoms with Crippen molar-refractivity contribution in [3.63, 3.8) is 0 Å². The van der Waals surface area contributed by atoms with Gasteiger partial charge in [0.1, 0.15) is 6.42 Å². The van der Waals surface area contributed by atoms with Gasteiger partial charge in [-0.25, -0.2) is 0 Å². The molecule has 0 saturated heterocycles. The van der Waals surface area contributed by atoms with Gasteiger partial charge in [-0.1, -0.05) is 6.92 Å². The van der Waals surface area contributed by atoms with Crippen molar-refractivity contribution in [2.45, 2.75) is 31.6 Å². The van der Waals surface area contributed by atoms with E-state index in [4.69, 9.17) is 11.5 Å². The molecule has 0 aliphatic carbocycles. The minimum absolute atomic E-state index is 0.246. The molecule has 0 saturated carbocycles. The Morgan fingerprint density at radius 1 is 0.895 bits per heavy atom. The Bertz CT molecular complexity index is 289. The second-order valence-corrected chi connectivity index (χ2v) is 4.52. The van der Waals surface area contributed by atoms with Crippen LogP contribution in [0.1, 0.15) is 13.3 Å². The Labute approximate surface area is 105 Å². The molecule has 0 aliphatic heterocycles. The molecule has 116 valence electrons. The van der Waals surface area contributed by atoms with E-state index in [9.17, 15) is 30.7 Å². The zero-order chi connectivity index (χ0) is 15.5. The normalized spacial score (nSPS) is 14.8. The third-order valence-electron chi connectivity index (χ3n) is 2.44. The Hall–Kier alpha value is -0.610. The molecular formula is C9H15F7N2O. The van der Waals surface area contributed by atoms with E-state index in [-0.39, 0.29) is 13.1 Å². The van der Waals surface area contributed by atoms with Crippen LogP contribution in [0.15, 0.2) is 0 Å². The maximum Gasteiger partial charge on any atom is 0.419 e. The molecule has 0 radical (unpaired) electrons. The average molecular weight is 300 g/mol. The summed E-state index contributed by atoms with van der Waals surface area (Å²) in [5.41, 5.74) is 9.15. The summed E-state index contributed by atoms with van der Waals surface area (Å²) in [4.78, 5) is 0. The molecule has 0 rings (SSSR count). The van der Waals surface area contributed by atoms with Crippen molar-refractivity contribution in [1.82, 2.24) is 0 Å². The monoisotopic (exact) mass is 300 g/mol. The van der Waals surface area contributed by atoms with E-state index < -0.39 is 36.7 Å². The highest BCUT2D eigenvalue weighted by molar-refractivity contribution is 4.83. The van der Waals surface area contributed by atoms with Crippen molar-refractivity contribution in [2.24, 2.45) is 16.9 Å². The molecule has 0 aromatic heterocycles. The van der Waals surface area contributed by atoms with Crippen molar-refractivity contribution in [2.75, 3.05) is 19.7 Å². The molecule has 4 N–H and O–H groups in total. The van der Waals surface area contributed by atoms with Crippen molar-refractivity contribution in [3.8, 4) is 0 Å². The highest BCUT2D eigenvalue weighted by atomic mass is 19.4. The minimum Gasteiger partial charge on any atom is -0.330 e. The fourth-order valence-electron chi connectivity index (χ4n) is 0.926. The Morgan fingerprint density at radius 2 is 1.32 bits per heavy atom. The summed E-state index contributed by atoms with van der Waals surface area (Å²) in [6.45, 7) is -0.194. The van der Waals surface area contributed by atoms with E-state index in [0.29, 0.717) is 0 Å². The first kappa shape index (κ1) is 18.4. The van der Waals surface area contributed by atoms with Gasteiger partial charge >= 0.3 is 18.2 Å². The van der Waals surface area contributed by atoms with Gasteiger partial charge in [-0.05, 0) is 0 Å². The second-order valence-electron chi connectivity index (χ2n) is 4.52. The van der Waals surface area contributed by atoms with Crippen LogP contribution in [0.4, 0.5) is 30.7 Å². The predicted octanol–water partition coefficient (Wildman–Crippen LogP) is 2.11. The van der Waals surface area contributed by atoms with Gasteiger partial charge in [0.05, 0.1) is 6.61 Å². The highest BCUT2D eigenvalue weighted by Crippen LogP contribution is 2.43. The van der Waals surface area contributed by atoms with E-state index in [0.717, 1.165) is 0 Å². The van der Waals surface area contributed by atoms with E-state index in [2.05, 4.69) is 4.74 Å². The lowest BCUT2D eigenvalue weighted by Gasteiger charge is -2.31. The number of ether oxygens (including phenoxy) is 1. The Morgan fingerprint density at radius 3 is 1.63 bits per heavy atom. The van der Waals surface area contributed by atoms with Crippen LogP contribution in [-0.2, 0) is 4.74 Å². The molecule has 0 bridgehead atoms. The summed E-state index contributed by atoms with van der Waals surface area (Å²) < 4.78 is 90.6. The summed E-state index contributed by atoms with van der Waals surface area (Å²) >= 11 is 0. The molecule has 0 heterocycles. The summed E-state index contributed by atoms with van der Waals surface area (Å²) in [5, 5.41) is 0. The number of nitrogens with two attached hydrogens (primary N) is 2. The fourth-order valence-corrected chi connectivity index (χ4v) is 0.926. The lowest BCUT2D eigenvalue weighted by molar-refractivity contribution is -0.370. The van der Waals surface area contributed by atoms with Crippen LogP contribution >= 0.6 is 0 Å². The summed E-state index contributed by atoms with van der Waals surface area (Å²) in [6, 6.07) is 0. The molecule has 10 heteroatoms. The van der Waals surface area contributed by atoms with E-state index in [1.807, 2.05) is 0 Å². The predicted molar refractivity (Wildman–Crippen MR) is 52.7 cm³/mol. The van der Waals surface area contributed by atoms with Gasteiger partial charge in [0, 0.05) is 18.5 Å². The molecule has 0 amide bonds. The summed E-state index contributed by atoms with van der Waals surface area (Å²) in [6.07, 6.45) is -13.7. The summed E-state index contributed by atoms with van der Waals surface area (Å²) in [7, 11) is 0. The van der Waals surface area contributed by atoms with Crippen LogP contribution in [0.2, 0.25) is 0 Å². The smallest absolute Gasteiger partial charge is 0.330 e. The van der Waals surface area contributed by atoms with E-state index in [1.54, 1.807) is 0 Å². The van der Waals surface area contributed by atoms with Gasteiger partial charge in [-0.3, -0.25) is 0 Å². The number of rotatable bonds is 7. The third-order valence-corrected chi connectivity index (χ3v) is 2.44. The van der Waals surface area contributed by atoms with Crippen LogP contribution in [0.5, 0.6) is 0 Å². The number of halogens is 7. The highest BCUT2D eigenvalue weighted by Gasteiger charge is 2.62. The van der Waals surface area contributed by atoms with Crippen LogP contribution in [-0.4, -0.2) is 37.9 Å². The van der Waals surface area contributed by atoms with Crippen molar-refractivity contribution in [1.29, 1.82) is 0 Å². The first-order valence-electron chi connectivity index (χ1n) is 5.15. The van der Waals surface area contributed by atoms with Crippen LogP contribution in [0, 0.1) is 5.41 Å². The topological polar surface area (TPSA) is 61.3 Å². The molecule has 0 atom stereocenters. The lowest BCUT2D eigenvalue weighted by Crippen LogP contribution is -2.49. The van der Waals surface area contributed by atoms with Gasteiger partial charge in [0.25, 0.3) is 0 Å². The molecule has 3 nitrogen and oxygen atoms in total. The van der Waals surface area contributed by atoms with Gasteiger partial charge in [0.15, 0.2) is 0 Å². The zero-order valence-corrected chi connectivity index (χ0v) is 10.0. The first-order chi connectivity index (χ1) is 8.29. The standard InChI is InChI=1S/C9H15F7N2O/c1-6(3-17,4-18)5-19-9(15,16)7(10,11)2-8(12,13)14/h2-5,17-18H2,1H3. The van der Waals surface area contributed by atoms with Crippen LogP contribution in [0.3, 0.4) is 0 Å². The fraction of sp³-hybridized carbons (Fsp3) is 1.00. The molecule has 0 aliphatic rings. The van der Waals surface area contributed by atoms with E-state index >= 15 is 0 Å². The molecule has 0 aromatic carbocycles. The number of alkyl halides is 7. The second kappa shape index (κ2) is 5.80. The van der Waals surface area contributed by atoms with Crippen molar-refractivity contribution >= 4 is 0 Å². The Balaban J connectivity index is 4.78. The largest absolute Gasteiger partial charge is 0.419 e. The average Bonchev–Trinajstić information content (AvgIpc) is 2.22. The SMILES string of the molecule is CC(CN)(CN)COC(F)(F)C(F)(F)CC(F)(F)F. The van der Waals surface area contributed by atoms with Crippen molar-refractivity contribution < 1.29 is 35.5 Å². The van der Waals surface area contributed by atoms with Gasteiger partial charge in [-0.15, -0.1) is 0 Å². The van der Waals surface area contributed by atoms with Gasteiger partial charge < -0.3 is 16.2 Å². The first-order valence-corrected chi connectivity index (χ1v) is 5.15. The maximum atomic E-state index is 13.0. The van der Waals surface area contributed by atoms with Crippen LogP contribution < -0.4 is 11.5 Å². The zero-order valence-electron chi connectivity index (χ0n) is 10.0. The molecule has 19 heavy (non-hydrogen) atoms. The van der Waals surface area contributed by atoms with Crippen molar-refractivity contribution in [3.05, 3.63) is 0 Å². The third kappa shape index (κ3) is 5.49. The number of hydrogen-bond donors (Lipinski definition) is 2. The molecular weight excluding hydrogens is 285 g/mol. The summed E-state index contributed by atoms with van der Waals surface area (Å²) in [5.74, 6) is -5.37. The molecule has 0 fully saturated rings. The lowest BCUT2D eigenvalue weighted by atomic mass is 9.92. The molecule has 0 spiro atoms. The van der Waals surface area contributed by atoms with Gasteiger partial charge in [0.2, 0.25) is 0 Å². The van der Waals surface area contributed by atoms with E-state index in [1.165, 1.54) is 6.92 Å². The van der Waals surface area contributed by atoms with Gasteiger partial charge in [-0.2, -0.15) is 30.7 Å².